The van der Waals surface area contributed by atoms with Crippen LogP contribution in [0, 0.1) is 0 Å². The highest BCUT2D eigenvalue weighted by molar-refractivity contribution is 6.35. The van der Waals surface area contributed by atoms with Crippen molar-refractivity contribution in [3.8, 4) is 5.75 Å². The third-order valence-electron chi connectivity index (χ3n) is 1.26. The van der Waals surface area contributed by atoms with Gasteiger partial charge in [0.2, 0.25) is 0 Å². The summed E-state index contributed by atoms with van der Waals surface area (Å²) in [4.78, 5) is 10.8. The van der Waals surface area contributed by atoms with E-state index in [1.54, 1.807) is 0 Å². The second kappa shape index (κ2) is 5.29. The standard InChI is InChI=1S/C8H5Cl3O3/c9-4-13-8(12)14-7-2-1-5(10)3-6(7)11/h1-3H,4H2. The molecule has 0 aromatic heterocycles. The quantitative estimate of drug-likeness (QED) is 0.459. The molecule has 0 unspecified atom stereocenters. The molecule has 3 nitrogen and oxygen atoms in total. The van der Waals surface area contributed by atoms with Crippen molar-refractivity contribution in [2.24, 2.45) is 0 Å². The highest BCUT2D eigenvalue weighted by Gasteiger charge is 2.08. The van der Waals surface area contributed by atoms with Gasteiger partial charge in [0.1, 0.15) is 0 Å². The van der Waals surface area contributed by atoms with Gasteiger partial charge >= 0.3 is 6.16 Å². The first-order valence-electron chi connectivity index (χ1n) is 3.49. The first-order valence-corrected chi connectivity index (χ1v) is 4.78. The van der Waals surface area contributed by atoms with Gasteiger partial charge in [0.25, 0.3) is 0 Å². The molecule has 0 saturated heterocycles. The van der Waals surface area contributed by atoms with Crippen molar-refractivity contribution in [2.45, 2.75) is 0 Å². The summed E-state index contributed by atoms with van der Waals surface area (Å²) < 4.78 is 9.05. The molecule has 0 heterocycles. The Morgan fingerprint density at radius 1 is 1.36 bits per heavy atom. The number of alkyl halides is 1. The average molecular weight is 255 g/mol. The van der Waals surface area contributed by atoms with Crippen LogP contribution in [0.3, 0.4) is 0 Å². The van der Waals surface area contributed by atoms with Gasteiger partial charge in [0, 0.05) is 5.02 Å². The molecule has 0 aliphatic heterocycles. The lowest BCUT2D eigenvalue weighted by molar-refractivity contribution is 0.115. The van der Waals surface area contributed by atoms with Gasteiger partial charge in [-0.3, -0.25) is 0 Å². The van der Waals surface area contributed by atoms with Crippen LogP contribution in [0.1, 0.15) is 0 Å². The normalized spacial score (nSPS) is 9.64. The molecule has 0 fully saturated rings. The molecule has 0 saturated carbocycles. The Balaban J connectivity index is 2.72. The Labute approximate surface area is 95.5 Å². The van der Waals surface area contributed by atoms with Crippen molar-refractivity contribution in [3.05, 3.63) is 28.2 Å². The van der Waals surface area contributed by atoms with Gasteiger partial charge in [-0.05, 0) is 18.2 Å². The van der Waals surface area contributed by atoms with Crippen LogP contribution in [0.2, 0.25) is 10.0 Å². The fraction of sp³-hybridized carbons (Fsp3) is 0.125. The van der Waals surface area contributed by atoms with Crippen LogP contribution in [0.15, 0.2) is 18.2 Å². The minimum Gasteiger partial charge on any atom is -0.418 e. The zero-order valence-electron chi connectivity index (χ0n) is 6.80. The van der Waals surface area contributed by atoms with Crippen LogP contribution in [-0.2, 0) is 4.74 Å². The van der Waals surface area contributed by atoms with Crippen molar-refractivity contribution in [3.63, 3.8) is 0 Å². The Hall–Kier alpha value is -0.640. The number of halogens is 3. The summed E-state index contributed by atoms with van der Waals surface area (Å²) in [5, 5.41) is 0.678. The van der Waals surface area contributed by atoms with E-state index in [1.807, 2.05) is 0 Å². The summed E-state index contributed by atoms with van der Waals surface area (Å²) in [6.45, 7) is 0. The molecule has 0 amide bonds. The van der Waals surface area contributed by atoms with Crippen molar-refractivity contribution in [2.75, 3.05) is 6.07 Å². The van der Waals surface area contributed by atoms with Crippen molar-refractivity contribution in [1.82, 2.24) is 0 Å². The number of rotatable bonds is 2. The Morgan fingerprint density at radius 3 is 2.64 bits per heavy atom. The van der Waals surface area contributed by atoms with Crippen molar-refractivity contribution < 1.29 is 14.3 Å². The molecule has 76 valence electrons. The SMILES string of the molecule is O=C(OCCl)Oc1ccc(Cl)cc1Cl. The molecule has 1 aromatic carbocycles. The van der Waals surface area contributed by atoms with E-state index in [0.29, 0.717) is 5.02 Å². The van der Waals surface area contributed by atoms with Crippen LogP contribution in [-0.4, -0.2) is 12.2 Å². The summed E-state index contributed by atoms with van der Waals surface area (Å²) in [6, 6.07) is 4.17. The average Bonchev–Trinajstić information content (AvgIpc) is 2.10. The molecule has 14 heavy (non-hydrogen) atoms. The molecule has 0 aliphatic rings. The molecule has 1 aromatic rings. The van der Waals surface area contributed by atoms with E-state index in [0.717, 1.165) is 0 Å². The number of benzene rings is 1. The maximum atomic E-state index is 10.8. The number of hydrogen-bond acceptors (Lipinski definition) is 3. The van der Waals surface area contributed by atoms with E-state index in [-0.39, 0.29) is 16.8 Å². The van der Waals surface area contributed by atoms with Crippen LogP contribution in [0.25, 0.3) is 0 Å². The fourth-order valence-corrected chi connectivity index (χ4v) is 1.26. The molecule has 0 N–H and O–H groups in total. The molecule has 0 radical (unpaired) electrons. The third-order valence-corrected chi connectivity index (χ3v) is 1.90. The predicted octanol–water partition coefficient (Wildman–Crippen LogP) is 3.71. The Morgan fingerprint density at radius 2 is 2.07 bits per heavy atom. The van der Waals surface area contributed by atoms with E-state index < -0.39 is 6.16 Å². The van der Waals surface area contributed by atoms with E-state index in [4.69, 9.17) is 39.5 Å². The van der Waals surface area contributed by atoms with E-state index in [9.17, 15) is 4.79 Å². The van der Waals surface area contributed by atoms with Crippen molar-refractivity contribution >= 4 is 41.0 Å². The lowest BCUT2D eigenvalue weighted by Crippen LogP contribution is -2.09. The topological polar surface area (TPSA) is 35.5 Å². The summed E-state index contributed by atoms with van der Waals surface area (Å²) in [6.07, 6.45) is -0.913. The third kappa shape index (κ3) is 3.25. The smallest absolute Gasteiger partial charge is 0.418 e. The van der Waals surface area contributed by atoms with E-state index in [1.165, 1.54) is 18.2 Å². The molecular formula is C8H5Cl3O3. The Bertz CT molecular complexity index is 341. The Kier molecular flexibility index (Phi) is 4.32. The molecule has 0 bridgehead atoms. The summed E-state index contributed by atoms with van der Waals surface area (Å²) in [5.74, 6) is 0.172. The first-order chi connectivity index (χ1) is 6.63. The van der Waals surface area contributed by atoms with Gasteiger partial charge in [0.15, 0.2) is 11.8 Å². The number of ether oxygens (including phenoxy) is 2. The zero-order valence-corrected chi connectivity index (χ0v) is 9.07. The maximum Gasteiger partial charge on any atom is 0.515 e. The molecule has 6 heteroatoms. The van der Waals surface area contributed by atoms with Crippen LogP contribution >= 0.6 is 34.8 Å². The van der Waals surface area contributed by atoms with Crippen LogP contribution in [0.5, 0.6) is 5.75 Å². The van der Waals surface area contributed by atoms with Gasteiger partial charge in [-0.25, -0.2) is 4.79 Å². The summed E-state index contributed by atoms with van der Waals surface area (Å²) >= 11 is 16.5. The predicted molar refractivity (Wildman–Crippen MR) is 54.3 cm³/mol. The van der Waals surface area contributed by atoms with Crippen molar-refractivity contribution in [1.29, 1.82) is 0 Å². The van der Waals surface area contributed by atoms with Crippen LogP contribution < -0.4 is 4.74 Å². The molecule has 0 aliphatic carbocycles. The first kappa shape index (κ1) is 11.4. The van der Waals surface area contributed by atoms with E-state index in [2.05, 4.69) is 4.74 Å². The summed E-state index contributed by atoms with van der Waals surface area (Å²) in [7, 11) is 0. The lowest BCUT2D eigenvalue weighted by Gasteiger charge is -2.04. The second-order valence-corrected chi connectivity index (χ2v) is 3.24. The summed E-state index contributed by atoms with van der Waals surface area (Å²) in [5.41, 5.74) is 0. The molecule has 1 rings (SSSR count). The number of carbonyl (C=O) groups is 1. The van der Waals surface area contributed by atoms with E-state index >= 15 is 0 Å². The lowest BCUT2D eigenvalue weighted by atomic mass is 10.3. The van der Waals surface area contributed by atoms with Gasteiger partial charge in [0.05, 0.1) is 5.02 Å². The minimum absolute atomic E-state index is 0.172. The largest absolute Gasteiger partial charge is 0.515 e. The second-order valence-electron chi connectivity index (χ2n) is 2.18. The molecular weight excluding hydrogens is 250 g/mol. The number of hydrogen-bond donors (Lipinski definition) is 0. The van der Waals surface area contributed by atoms with Crippen LogP contribution in [0.4, 0.5) is 4.79 Å². The highest BCUT2D eigenvalue weighted by Crippen LogP contribution is 2.27. The zero-order chi connectivity index (χ0) is 10.6. The molecule has 0 atom stereocenters. The highest BCUT2D eigenvalue weighted by atomic mass is 35.5. The van der Waals surface area contributed by atoms with Gasteiger partial charge in [-0.15, -0.1) is 0 Å². The number of carbonyl (C=O) groups excluding carboxylic acids is 1. The maximum absolute atomic E-state index is 10.8. The van der Waals surface area contributed by atoms with Gasteiger partial charge < -0.3 is 9.47 Å². The van der Waals surface area contributed by atoms with Gasteiger partial charge in [-0.1, -0.05) is 34.8 Å². The minimum atomic E-state index is -0.913. The monoisotopic (exact) mass is 254 g/mol. The molecule has 0 spiro atoms. The van der Waals surface area contributed by atoms with Gasteiger partial charge in [-0.2, -0.15) is 0 Å². The fourth-order valence-electron chi connectivity index (χ4n) is 0.722.